The lowest BCUT2D eigenvalue weighted by molar-refractivity contribution is 0.172. The summed E-state index contributed by atoms with van der Waals surface area (Å²) in [4.78, 5) is 7.83. The van der Waals surface area contributed by atoms with Crippen LogP contribution in [0, 0.1) is 0 Å². The van der Waals surface area contributed by atoms with Gasteiger partial charge in [0.15, 0.2) is 17.6 Å². The Morgan fingerprint density at radius 2 is 1.88 bits per heavy atom. The molecular formula is C17H14Cl2N2O3. The Morgan fingerprint density at radius 3 is 2.62 bits per heavy atom. The third-order valence-corrected chi connectivity index (χ3v) is 4.28. The molecule has 1 atom stereocenters. The van der Waals surface area contributed by atoms with Gasteiger partial charge in [0.2, 0.25) is 0 Å². The van der Waals surface area contributed by atoms with Crippen molar-refractivity contribution in [2.75, 3.05) is 13.2 Å². The predicted molar refractivity (Wildman–Crippen MR) is 92.6 cm³/mol. The van der Waals surface area contributed by atoms with Crippen molar-refractivity contribution in [3.05, 3.63) is 46.2 Å². The highest BCUT2D eigenvalue weighted by atomic mass is 35.5. The van der Waals surface area contributed by atoms with Gasteiger partial charge in [-0.05, 0) is 25.1 Å². The molecule has 2 heterocycles. The summed E-state index contributed by atoms with van der Waals surface area (Å²) in [5.74, 6) is 2.68. The summed E-state index contributed by atoms with van der Waals surface area (Å²) in [6.07, 6.45) is -0.310. The number of rotatable bonds is 3. The number of H-pyrrole nitrogens is 1. The summed E-state index contributed by atoms with van der Waals surface area (Å²) in [5, 5.41) is 1.03. The van der Waals surface area contributed by atoms with Gasteiger partial charge in [-0.15, -0.1) is 0 Å². The predicted octanol–water partition coefficient (Wildman–Crippen LogP) is 4.78. The highest BCUT2D eigenvalue weighted by Gasteiger charge is 2.18. The van der Waals surface area contributed by atoms with Crippen molar-refractivity contribution in [2.45, 2.75) is 13.0 Å². The van der Waals surface area contributed by atoms with Crippen LogP contribution in [-0.4, -0.2) is 23.2 Å². The van der Waals surface area contributed by atoms with E-state index in [1.54, 1.807) is 18.2 Å². The second-order valence-electron chi connectivity index (χ2n) is 5.47. The summed E-state index contributed by atoms with van der Waals surface area (Å²) in [5.41, 5.74) is 1.67. The second kappa shape index (κ2) is 6.07. The second-order valence-corrected chi connectivity index (χ2v) is 6.31. The summed E-state index contributed by atoms with van der Waals surface area (Å²) >= 11 is 12.1. The van der Waals surface area contributed by atoms with Gasteiger partial charge in [0.05, 0.1) is 16.1 Å². The Labute approximate surface area is 148 Å². The van der Waals surface area contributed by atoms with E-state index in [1.807, 2.05) is 19.1 Å². The molecule has 124 valence electrons. The minimum atomic E-state index is -0.310. The molecule has 5 nitrogen and oxygen atoms in total. The van der Waals surface area contributed by atoms with Gasteiger partial charge in [-0.3, -0.25) is 0 Å². The number of aromatic amines is 1. The lowest BCUT2D eigenvalue weighted by atomic mass is 10.2. The lowest BCUT2D eigenvalue weighted by Crippen LogP contribution is -2.15. The number of hydrogen-bond acceptors (Lipinski definition) is 4. The Balaban J connectivity index is 1.63. The van der Waals surface area contributed by atoms with Crippen LogP contribution in [0.5, 0.6) is 17.2 Å². The average Bonchev–Trinajstić information content (AvgIpc) is 2.98. The maximum absolute atomic E-state index is 6.15. The molecule has 0 aliphatic carbocycles. The minimum Gasteiger partial charge on any atom is -0.486 e. The maximum atomic E-state index is 6.15. The van der Waals surface area contributed by atoms with Crippen molar-refractivity contribution in [3.8, 4) is 17.2 Å². The molecule has 3 aromatic rings. The first-order valence-corrected chi connectivity index (χ1v) is 8.27. The smallest absolute Gasteiger partial charge is 0.163 e. The molecule has 0 saturated heterocycles. The largest absolute Gasteiger partial charge is 0.486 e. The zero-order valence-electron chi connectivity index (χ0n) is 12.8. The van der Waals surface area contributed by atoms with Gasteiger partial charge in [0.1, 0.15) is 24.8 Å². The number of ether oxygens (including phenoxy) is 3. The Bertz CT molecular complexity index is 867. The van der Waals surface area contributed by atoms with E-state index in [2.05, 4.69) is 9.97 Å². The van der Waals surface area contributed by atoms with Gasteiger partial charge in [-0.2, -0.15) is 0 Å². The van der Waals surface area contributed by atoms with Gasteiger partial charge in [0, 0.05) is 17.2 Å². The molecule has 0 radical (unpaired) electrons. The normalized spacial score (nSPS) is 14.6. The number of aromatic nitrogens is 2. The molecule has 1 aliphatic rings. The molecule has 0 fully saturated rings. The standard InChI is InChI=1S/C17H14Cl2N2O3/c1-9(24-14-3-2-10(18)6-11(14)19)17-20-12-7-15-16(8-13(12)21-17)23-5-4-22-15/h2-3,6-9H,4-5H2,1H3,(H,20,21). The SMILES string of the molecule is CC(Oc1ccc(Cl)cc1Cl)c1nc2cc3c(cc2[nH]1)OCCO3. The number of fused-ring (bicyclic) bond motifs is 2. The van der Waals surface area contributed by atoms with Crippen LogP contribution in [0.25, 0.3) is 11.0 Å². The third-order valence-electron chi connectivity index (χ3n) is 3.75. The molecule has 0 saturated carbocycles. The zero-order valence-corrected chi connectivity index (χ0v) is 14.3. The molecule has 1 unspecified atom stereocenters. The first-order valence-electron chi connectivity index (χ1n) is 7.51. The lowest BCUT2D eigenvalue weighted by Gasteiger charge is -2.17. The van der Waals surface area contributed by atoms with E-state index in [0.717, 1.165) is 16.8 Å². The van der Waals surface area contributed by atoms with Gasteiger partial charge in [0.25, 0.3) is 0 Å². The van der Waals surface area contributed by atoms with E-state index in [-0.39, 0.29) is 6.10 Å². The number of halogens is 2. The Kier molecular flexibility index (Phi) is 3.90. The number of nitrogens with zero attached hydrogens (tertiary/aromatic N) is 1. The van der Waals surface area contributed by atoms with Crippen LogP contribution in [0.1, 0.15) is 18.9 Å². The zero-order chi connectivity index (χ0) is 16.7. The number of hydrogen-bond donors (Lipinski definition) is 1. The topological polar surface area (TPSA) is 56.4 Å². The summed E-state index contributed by atoms with van der Waals surface area (Å²) < 4.78 is 17.1. The average molecular weight is 365 g/mol. The molecule has 0 bridgehead atoms. The molecule has 2 aromatic carbocycles. The molecule has 1 N–H and O–H groups in total. The third kappa shape index (κ3) is 2.85. The summed E-state index contributed by atoms with van der Waals surface area (Å²) in [6, 6.07) is 8.88. The first-order chi connectivity index (χ1) is 11.6. The monoisotopic (exact) mass is 364 g/mol. The van der Waals surface area contributed by atoms with Crippen LogP contribution >= 0.6 is 23.2 Å². The molecule has 4 rings (SSSR count). The van der Waals surface area contributed by atoms with Crippen LogP contribution in [0.2, 0.25) is 10.0 Å². The Morgan fingerprint density at radius 1 is 1.12 bits per heavy atom. The highest BCUT2D eigenvalue weighted by Crippen LogP contribution is 2.35. The number of imidazole rings is 1. The maximum Gasteiger partial charge on any atom is 0.163 e. The van der Waals surface area contributed by atoms with Crippen LogP contribution in [0.3, 0.4) is 0 Å². The molecule has 0 amide bonds. The molecule has 0 spiro atoms. The van der Waals surface area contributed by atoms with E-state index in [4.69, 9.17) is 37.4 Å². The highest BCUT2D eigenvalue weighted by molar-refractivity contribution is 6.35. The molecule has 24 heavy (non-hydrogen) atoms. The summed E-state index contributed by atoms with van der Waals surface area (Å²) in [7, 11) is 0. The molecule has 1 aliphatic heterocycles. The van der Waals surface area contributed by atoms with Crippen LogP contribution in [0.15, 0.2) is 30.3 Å². The number of benzene rings is 2. The fraction of sp³-hybridized carbons (Fsp3) is 0.235. The van der Waals surface area contributed by atoms with E-state index in [1.165, 1.54) is 0 Å². The summed E-state index contributed by atoms with van der Waals surface area (Å²) in [6.45, 7) is 2.99. The van der Waals surface area contributed by atoms with Gasteiger partial charge < -0.3 is 19.2 Å². The molecular weight excluding hydrogens is 351 g/mol. The van der Waals surface area contributed by atoms with E-state index in [0.29, 0.717) is 40.6 Å². The van der Waals surface area contributed by atoms with Crippen LogP contribution < -0.4 is 14.2 Å². The first kappa shape index (κ1) is 15.4. The molecule has 7 heteroatoms. The van der Waals surface area contributed by atoms with Crippen LogP contribution in [0.4, 0.5) is 0 Å². The number of nitrogens with one attached hydrogen (secondary N) is 1. The van der Waals surface area contributed by atoms with Gasteiger partial charge in [-0.1, -0.05) is 23.2 Å². The fourth-order valence-corrected chi connectivity index (χ4v) is 3.03. The van der Waals surface area contributed by atoms with Gasteiger partial charge in [-0.25, -0.2) is 4.98 Å². The van der Waals surface area contributed by atoms with E-state index in [9.17, 15) is 0 Å². The Hall–Kier alpha value is -2.11. The molecule has 1 aromatic heterocycles. The van der Waals surface area contributed by atoms with E-state index >= 15 is 0 Å². The van der Waals surface area contributed by atoms with Crippen LogP contribution in [-0.2, 0) is 0 Å². The van der Waals surface area contributed by atoms with E-state index < -0.39 is 0 Å². The van der Waals surface area contributed by atoms with Crippen molar-refractivity contribution >= 4 is 34.2 Å². The van der Waals surface area contributed by atoms with Crippen molar-refractivity contribution in [3.63, 3.8) is 0 Å². The minimum absolute atomic E-state index is 0.310. The van der Waals surface area contributed by atoms with Crippen molar-refractivity contribution in [2.24, 2.45) is 0 Å². The van der Waals surface area contributed by atoms with Crippen molar-refractivity contribution in [1.82, 2.24) is 9.97 Å². The van der Waals surface area contributed by atoms with Gasteiger partial charge >= 0.3 is 0 Å². The fourth-order valence-electron chi connectivity index (χ4n) is 2.58. The van der Waals surface area contributed by atoms with Crippen molar-refractivity contribution in [1.29, 1.82) is 0 Å². The van der Waals surface area contributed by atoms with Crippen molar-refractivity contribution < 1.29 is 14.2 Å². The quantitative estimate of drug-likeness (QED) is 0.726.